The van der Waals surface area contributed by atoms with Crippen LogP contribution in [0.25, 0.3) is 0 Å². The van der Waals surface area contributed by atoms with Gasteiger partial charge in [0.05, 0.1) is 0 Å². The molecule has 1 unspecified atom stereocenters. The first-order chi connectivity index (χ1) is 7.79. The van der Waals surface area contributed by atoms with E-state index >= 15 is 0 Å². The fourth-order valence-corrected chi connectivity index (χ4v) is 3.19. The van der Waals surface area contributed by atoms with Crippen molar-refractivity contribution in [3.05, 3.63) is 34.9 Å². The smallest absolute Gasteiger partial charge is 0.0464 e. The van der Waals surface area contributed by atoms with E-state index in [1.54, 1.807) is 11.1 Å². The SMILES string of the molecule is CC(CO)CSCc1ccc2c(c1)CCC2. The zero-order valence-corrected chi connectivity index (χ0v) is 10.7. The molecule has 16 heavy (non-hydrogen) atoms. The third kappa shape index (κ3) is 3.02. The average molecular weight is 236 g/mol. The van der Waals surface area contributed by atoms with Gasteiger partial charge in [0.2, 0.25) is 0 Å². The highest BCUT2D eigenvalue weighted by atomic mass is 32.2. The molecule has 1 aromatic carbocycles. The average Bonchev–Trinajstić information content (AvgIpc) is 2.76. The Hall–Kier alpha value is -0.470. The van der Waals surface area contributed by atoms with Crippen LogP contribution in [0.1, 0.15) is 30.0 Å². The number of aliphatic hydroxyl groups is 1. The molecule has 88 valence electrons. The van der Waals surface area contributed by atoms with E-state index in [0.717, 1.165) is 11.5 Å². The van der Waals surface area contributed by atoms with Crippen molar-refractivity contribution < 1.29 is 5.11 Å². The molecule has 0 bridgehead atoms. The molecule has 2 heteroatoms. The van der Waals surface area contributed by atoms with Gasteiger partial charge in [0.15, 0.2) is 0 Å². The summed E-state index contributed by atoms with van der Waals surface area (Å²) in [6.45, 7) is 2.40. The Balaban J connectivity index is 1.86. The highest BCUT2D eigenvalue weighted by Crippen LogP contribution is 2.25. The van der Waals surface area contributed by atoms with E-state index in [4.69, 9.17) is 5.11 Å². The molecule has 0 amide bonds. The van der Waals surface area contributed by atoms with Crippen LogP contribution >= 0.6 is 11.8 Å². The second-order valence-corrected chi connectivity index (χ2v) is 5.79. The number of rotatable bonds is 5. The molecule has 1 atom stereocenters. The fourth-order valence-electron chi connectivity index (χ4n) is 2.15. The first kappa shape index (κ1) is 12.0. The lowest BCUT2D eigenvalue weighted by Crippen LogP contribution is -2.03. The quantitative estimate of drug-likeness (QED) is 0.848. The predicted molar refractivity (Wildman–Crippen MR) is 70.9 cm³/mol. The lowest BCUT2D eigenvalue weighted by Gasteiger charge is -2.08. The van der Waals surface area contributed by atoms with Crippen LogP contribution in [0.15, 0.2) is 18.2 Å². The van der Waals surface area contributed by atoms with Crippen LogP contribution in [0.3, 0.4) is 0 Å². The Morgan fingerprint density at radius 2 is 2.12 bits per heavy atom. The van der Waals surface area contributed by atoms with Crippen LogP contribution in [-0.2, 0) is 18.6 Å². The second kappa shape index (κ2) is 5.74. The summed E-state index contributed by atoms with van der Waals surface area (Å²) in [5.74, 6) is 2.55. The van der Waals surface area contributed by atoms with Gasteiger partial charge < -0.3 is 5.11 Å². The maximum atomic E-state index is 8.95. The monoisotopic (exact) mass is 236 g/mol. The topological polar surface area (TPSA) is 20.2 Å². The molecular formula is C14H20OS. The summed E-state index contributed by atoms with van der Waals surface area (Å²) in [6.07, 6.45) is 3.86. The first-order valence-corrected chi connectivity index (χ1v) is 7.24. The molecule has 2 rings (SSSR count). The van der Waals surface area contributed by atoms with Crippen molar-refractivity contribution in [1.29, 1.82) is 0 Å². The number of fused-ring (bicyclic) bond motifs is 1. The van der Waals surface area contributed by atoms with Crippen LogP contribution in [0.4, 0.5) is 0 Å². The summed E-state index contributed by atoms with van der Waals surface area (Å²) in [4.78, 5) is 0. The van der Waals surface area contributed by atoms with E-state index in [-0.39, 0.29) is 0 Å². The van der Waals surface area contributed by atoms with Gasteiger partial charge in [-0.15, -0.1) is 0 Å². The first-order valence-electron chi connectivity index (χ1n) is 6.09. The normalized spacial score (nSPS) is 16.1. The maximum absolute atomic E-state index is 8.95. The van der Waals surface area contributed by atoms with E-state index in [9.17, 15) is 0 Å². The number of aliphatic hydroxyl groups excluding tert-OH is 1. The number of thioether (sulfide) groups is 1. The number of aryl methyl sites for hydroxylation is 2. The molecule has 1 aliphatic carbocycles. The lowest BCUT2D eigenvalue weighted by atomic mass is 10.1. The van der Waals surface area contributed by atoms with Crippen molar-refractivity contribution in [3.8, 4) is 0 Å². The van der Waals surface area contributed by atoms with Crippen molar-refractivity contribution in [3.63, 3.8) is 0 Å². The van der Waals surface area contributed by atoms with Gasteiger partial charge in [0.25, 0.3) is 0 Å². The van der Waals surface area contributed by atoms with Crippen molar-refractivity contribution in [2.24, 2.45) is 5.92 Å². The Labute approximate surface area is 102 Å². The molecule has 1 aliphatic rings. The molecule has 0 heterocycles. The van der Waals surface area contributed by atoms with E-state index in [0.29, 0.717) is 12.5 Å². The Morgan fingerprint density at radius 3 is 2.94 bits per heavy atom. The summed E-state index contributed by atoms with van der Waals surface area (Å²) in [6, 6.07) is 6.94. The molecule has 0 saturated heterocycles. The van der Waals surface area contributed by atoms with Crippen molar-refractivity contribution in [1.82, 2.24) is 0 Å². The van der Waals surface area contributed by atoms with E-state index in [1.807, 2.05) is 11.8 Å². The van der Waals surface area contributed by atoms with Crippen LogP contribution < -0.4 is 0 Å². The number of hydrogen-bond donors (Lipinski definition) is 1. The van der Waals surface area contributed by atoms with Crippen LogP contribution in [0, 0.1) is 5.92 Å². The maximum Gasteiger partial charge on any atom is 0.0464 e. The van der Waals surface area contributed by atoms with Gasteiger partial charge in [-0.25, -0.2) is 0 Å². The van der Waals surface area contributed by atoms with Crippen LogP contribution in [-0.4, -0.2) is 17.5 Å². The molecule has 1 aromatic rings. The summed E-state index contributed by atoms with van der Waals surface area (Å²) >= 11 is 1.92. The highest BCUT2D eigenvalue weighted by Gasteiger charge is 2.10. The lowest BCUT2D eigenvalue weighted by molar-refractivity contribution is 0.250. The van der Waals surface area contributed by atoms with Crippen molar-refractivity contribution in [2.75, 3.05) is 12.4 Å². The highest BCUT2D eigenvalue weighted by molar-refractivity contribution is 7.98. The molecule has 1 nitrogen and oxygen atoms in total. The summed E-state index contributed by atoms with van der Waals surface area (Å²) < 4.78 is 0. The van der Waals surface area contributed by atoms with Gasteiger partial charge in [-0.2, -0.15) is 11.8 Å². The van der Waals surface area contributed by atoms with E-state index < -0.39 is 0 Å². The summed E-state index contributed by atoms with van der Waals surface area (Å²) in [5.41, 5.74) is 4.56. The van der Waals surface area contributed by atoms with Gasteiger partial charge in [-0.1, -0.05) is 25.1 Å². The minimum Gasteiger partial charge on any atom is -0.396 e. The Bertz CT molecular complexity index is 349. The van der Waals surface area contributed by atoms with Gasteiger partial charge >= 0.3 is 0 Å². The van der Waals surface area contributed by atoms with Gasteiger partial charge in [-0.05, 0) is 47.6 Å². The molecular weight excluding hydrogens is 216 g/mol. The molecule has 0 spiro atoms. The van der Waals surface area contributed by atoms with Crippen LogP contribution in [0.2, 0.25) is 0 Å². The molecule has 0 fully saturated rings. The predicted octanol–water partition coefficient (Wildman–Crippen LogP) is 3.04. The minimum atomic E-state index is 0.303. The molecule has 0 saturated carbocycles. The standard InChI is InChI=1S/C14H20OS/c1-11(8-15)9-16-10-12-5-6-13-3-2-4-14(13)7-12/h5-7,11,15H,2-4,8-10H2,1H3. The fraction of sp³-hybridized carbons (Fsp3) is 0.571. The molecule has 0 radical (unpaired) electrons. The molecule has 0 aliphatic heterocycles. The molecule has 0 aromatic heterocycles. The summed E-state index contributed by atoms with van der Waals surface area (Å²) in [7, 11) is 0. The zero-order valence-electron chi connectivity index (χ0n) is 9.91. The number of hydrogen-bond acceptors (Lipinski definition) is 2. The Kier molecular flexibility index (Phi) is 4.30. The zero-order chi connectivity index (χ0) is 11.4. The molecule has 1 N–H and O–H groups in total. The minimum absolute atomic E-state index is 0.303. The van der Waals surface area contributed by atoms with Gasteiger partial charge in [0.1, 0.15) is 0 Å². The van der Waals surface area contributed by atoms with Gasteiger partial charge in [-0.3, -0.25) is 0 Å². The van der Waals surface area contributed by atoms with Crippen LogP contribution in [0.5, 0.6) is 0 Å². The van der Waals surface area contributed by atoms with E-state index in [1.165, 1.54) is 24.8 Å². The van der Waals surface area contributed by atoms with Crippen molar-refractivity contribution in [2.45, 2.75) is 31.9 Å². The van der Waals surface area contributed by atoms with Crippen molar-refractivity contribution >= 4 is 11.8 Å². The third-order valence-electron chi connectivity index (χ3n) is 3.15. The third-order valence-corrected chi connectivity index (χ3v) is 4.49. The van der Waals surface area contributed by atoms with E-state index in [2.05, 4.69) is 25.1 Å². The summed E-state index contributed by atoms with van der Waals surface area (Å²) in [5, 5.41) is 8.95. The second-order valence-electron chi connectivity index (χ2n) is 4.76. The largest absolute Gasteiger partial charge is 0.396 e. The number of benzene rings is 1. The van der Waals surface area contributed by atoms with Gasteiger partial charge in [0, 0.05) is 12.4 Å². The Morgan fingerprint density at radius 1 is 1.31 bits per heavy atom.